The summed E-state index contributed by atoms with van der Waals surface area (Å²) in [5.74, 6) is 1.30. The smallest absolute Gasteiger partial charge is 0.246 e. The van der Waals surface area contributed by atoms with Crippen molar-refractivity contribution < 1.29 is 13.2 Å². The number of rotatable bonds is 4. The van der Waals surface area contributed by atoms with Gasteiger partial charge in [0.1, 0.15) is 16.3 Å². The first kappa shape index (κ1) is 19.2. The van der Waals surface area contributed by atoms with Gasteiger partial charge in [0.15, 0.2) is 0 Å². The van der Waals surface area contributed by atoms with Crippen molar-refractivity contribution in [2.45, 2.75) is 23.8 Å². The molecule has 1 aromatic heterocycles. The number of methoxy groups -OCH3 is 1. The summed E-state index contributed by atoms with van der Waals surface area (Å²) < 4.78 is 34.4. The van der Waals surface area contributed by atoms with Crippen molar-refractivity contribution in [3.05, 3.63) is 36.7 Å². The molecule has 2 fully saturated rings. The Morgan fingerprint density at radius 3 is 2.73 bits per heavy atom. The molecular formula is C17H23ClN4O3S. The number of benzene rings is 1. The highest BCUT2D eigenvalue weighted by Crippen LogP contribution is 2.39. The Bertz CT molecular complexity index is 886. The third-order valence-electron chi connectivity index (χ3n) is 5.41. The van der Waals surface area contributed by atoms with Gasteiger partial charge in [-0.05, 0) is 36.8 Å². The van der Waals surface area contributed by atoms with Crippen molar-refractivity contribution in [1.29, 1.82) is 0 Å². The zero-order valence-corrected chi connectivity index (χ0v) is 16.1. The van der Waals surface area contributed by atoms with Crippen LogP contribution in [0.1, 0.15) is 12.8 Å². The summed E-state index contributed by atoms with van der Waals surface area (Å²) >= 11 is 0. The first-order valence-electron chi connectivity index (χ1n) is 8.44. The highest BCUT2D eigenvalue weighted by molar-refractivity contribution is 7.89. The van der Waals surface area contributed by atoms with Crippen LogP contribution in [0.5, 0.6) is 5.75 Å². The average Bonchev–Trinajstić information content (AvgIpc) is 3.32. The number of ether oxygens (including phenoxy) is 1. The van der Waals surface area contributed by atoms with Gasteiger partial charge >= 0.3 is 0 Å². The van der Waals surface area contributed by atoms with Crippen molar-refractivity contribution in [3.8, 4) is 11.4 Å². The van der Waals surface area contributed by atoms with Gasteiger partial charge in [-0.25, -0.2) is 13.1 Å². The zero-order chi connectivity index (χ0) is 17.6. The van der Waals surface area contributed by atoms with Crippen molar-refractivity contribution in [1.82, 2.24) is 14.1 Å². The summed E-state index contributed by atoms with van der Waals surface area (Å²) in [6.07, 6.45) is 4.95. The van der Waals surface area contributed by atoms with Crippen LogP contribution in [0.25, 0.3) is 5.69 Å². The van der Waals surface area contributed by atoms with Crippen LogP contribution in [0.4, 0.5) is 0 Å². The lowest BCUT2D eigenvalue weighted by atomic mass is 9.98. The molecule has 2 N–H and O–H groups in total. The maximum absolute atomic E-state index is 13.0. The van der Waals surface area contributed by atoms with Crippen LogP contribution >= 0.6 is 12.4 Å². The number of nitrogens with two attached hydrogens (primary N) is 1. The number of sulfonamides is 1. The van der Waals surface area contributed by atoms with E-state index >= 15 is 0 Å². The van der Waals surface area contributed by atoms with Gasteiger partial charge < -0.3 is 10.5 Å². The maximum atomic E-state index is 13.0. The fourth-order valence-corrected chi connectivity index (χ4v) is 5.47. The summed E-state index contributed by atoms with van der Waals surface area (Å²) in [6.45, 7) is 1.06. The Morgan fingerprint density at radius 1 is 1.23 bits per heavy atom. The second-order valence-corrected chi connectivity index (χ2v) is 8.72. The molecule has 1 saturated heterocycles. The van der Waals surface area contributed by atoms with E-state index in [0.29, 0.717) is 30.4 Å². The van der Waals surface area contributed by atoms with E-state index in [2.05, 4.69) is 5.10 Å². The van der Waals surface area contributed by atoms with Crippen LogP contribution in [-0.4, -0.2) is 48.7 Å². The second-order valence-electron chi connectivity index (χ2n) is 6.78. The van der Waals surface area contributed by atoms with Crippen LogP contribution in [0, 0.1) is 11.8 Å². The minimum absolute atomic E-state index is 0. The van der Waals surface area contributed by atoms with E-state index in [4.69, 9.17) is 10.5 Å². The first-order valence-corrected chi connectivity index (χ1v) is 9.88. The van der Waals surface area contributed by atoms with Gasteiger partial charge in [0, 0.05) is 19.1 Å². The van der Waals surface area contributed by atoms with Gasteiger partial charge in [-0.15, -0.1) is 12.4 Å². The third-order valence-corrected chi connectivity index (χ3v) is 7.19. The molecule has 7 nitrogen and oxygen atoms in total. The fraction of sp³-hybridized carbons (Fsp3) is 0.471. The van der Waals surface area contributed by atoms with Crippen LogP contribution in [0.3, 0.4) is 0 Å². The molecule has 1 aromatic carbocycles. The Hall–Kier alpha value is -1.61. The maximum Gasteiger partial charge on any atom is 0.246 e. The normalized spacial score (nSPS) is 25.7. The molecular weight excluding hydrogens is 376 g/mol. The molecule has 0 bridgehead atoms. The Morgan fingerprint density at radius 2 is 2.00 bits per heavy atom. The number of aromatic nitrogens is 2. The summed E-state index contributed by atoms with van der Waals surface area (Å²) in [4.78, 5) is 0.201. The van der Waals surface area contributed by atoms with E-state index in [-0.39, 0.29) is 29.3 Å². The number of hydrogen-bond donors (Lipinski definition) is 1. The molecule has 0 amide bonds. The summed E-state index contributed by atoms with van der Waals surface area (Å²) in [5.41, 5.74) is 6.83. The van der Waals surface area contributed by atoms with Crippen LogP contribution in [0.2, 0.25) is 0 Å². The number of halogens is 1. The van der Waals surface area contributed by atoms with Crippen molar-refractivity contribution in [2.75, 3.05) is 20.2 Å². The number of hydrogen-bond acceptors (Lipinski definition) is 5. The molecule has 26 heavy (non-hydrogen) atoms. The molecule has 0 radical (unpaired) electrons. The van der Waals surface area contributed by atoms with Gasteiger partial charge in [0.25, 0.3) is 0 Å². The molecule has 2 aliphatic rings. The topological polar surface area (TPSA) is 90.5 Å². The summed E-state index contributed by atoms with van der Waals surface area (Å²) in [7, 11) is -1.98. The Balaban J connectivity index is 0.00000196. The predicted molar refractivity (Wildman–Crippen MR) is 100 cm³/mol. The van der Waals surface area contributed by atoms with E-state index < -0.39 is 10.0 Å². The Kier molecular flexibility index (Phi) is 5.30. The van der Waals surface area contributed by atoms with E-state index in [1.807, 2.05) is 24.3 Å². The number of para-hydroxylation sites is 2. The lowest BCUT2D eigenvalue weighted by Crippen LogP contribution is -2.33. The minimum Gasteiger partial charge on any atom is -0.494 e. The van der Waals surface area contributed by atoms with E-state index in [1.165, 1.54) is 10.9 Å². The van der Waals surface area contributed by atoms with Crippen molar-refractivity contribution >= 4 is 22.4 Å². The summed E-state index contributed by atoms with van der Waals surface area (Å²) in [6, 6.07) is 7.48. The van der Waals surface area contributed by atoms with Gasteiger partial charge in [-0.1, -0.05) is 12.1 Å². The van der Waals surface area contributed by atoms with Gasteiger partial charge in [0.2, 0.25) is 10.0 Å². The highest BCUT2D eigenvalue weighted by Gasteiger charge is 2.45. The van der Waals surface area contributed by atoms with Crippen LogP contribution in [0.15, 0.2) is 41.6 Å². The van der Waals surface area contributed by atoms with E-state index in [0.717, 1.165) is 12.8 Å². The lowest BCUT2D eigenvalue weighted by Gasteiger charge is -2.17. The molecule has 2 aromatic rings. The minimum atomic E-state index is -3.56. The number of fused-ring (bicyclic) bond motifs is 1. The molecule has 1 saturated carbocycles. The number of nitrogens with zero attached hydrogens (tertiary/aromatic N) is 3. The standard InChI is InChI=1S/C17H22N4O3S.ClH/c1-24-17-5-3-2-4-16(17)21-10-13(8-19-21)25(22,23)20-9-12-6-7-15(18)14(12)11-20;/h2-5,8,10,12,14-15H,6-7,9,11,18H2,1H3;1H. The molecule has 4 rings (SSSR count). The van der Waals surface area contributed by atoms with Crippen molar-refractivity contribution in [3.63, 3.8) is 0 Å². The lowest BCUT2D eigenvalue weighted by molar-refractivity contribution is 0.411. The van der Waals surface area contributed by atoms with Crippen LogP contribution < -0.4 is 10.5 Å². The van der Waals surface area contributed by atoms with Crippen LogP contribution in [-0.2, 0) is 10.0 Å². The third kappa shape index (κ3) is 3.11. The molecule has 0 spiro atoms. The fourth-order valence-electron chi connectivity index (χ4n) is 4.00. The van der Waals surface area contributed by atoms with Gasteiger partial charge in [-0.2, -0.15) is 9.40 Å². The van der Waals surface area contributed by atoms with Gasteiger partial charge in [0.05, 0.1) is 19.5 Å². The highest BCUT2D eigenvalue weighted by atomic mass is 35.5. The largest absolute Gasteiger partial charge is 0.494 e. The second kappa shape index (κ2) is 7.19. The monoisotopic (exact) mass is 398 g/mol. The molecule has 1 aliphatic carbocycles. The molecule has 9 heteroatoms. The Labute approximate surface area is 159 Å². The predicted octanol–water partition coefficient (Wildman–Crippen LogP) is 1.66. The molecule has 1 aliphatic heterocycles. The molecule has 142 valence electrons. The molecule has 2 heterocycles. The quantitative estimate of drug-likeness (QED) is 0.845. The van der Waals surface area contributed by atoms with E-state index in [1.54, 1.807) is 17.6 Å². The summed E-state index contributed by atoms with van der Waals surface area (Å²) in [5, 5.41) is 4.23. The van der Waals surface area contributed by atoms with E-state index in [9.17, 15) is 8.42 Å². The van der Waals surface area contributed by atoms with Crippen molar-refractivity contribution in [2.24, 2.45) is 17.6 Å². The first-order chi connectivity index (χ1) is 12.0. The molecule has 3 atom stereocenters. The molecule has 3 unspecified atom stereocenters. The average molecular weight is 399 g/mol. The van der Waals surface area contributed by atoms with Gasteiger partial charge in [-0.3, -0.25) is 0 Å². The SMILES string of the molecule is COc1ccccc1-n1cc(S(=O)(=O)N2CC3CCC(N)C3C2)cn1.Cl. The zero-order valence-electron chi connectivity index (χ0n) is 14.5.